The quantitative estimate of drug-likeness (QED) is 0.916. The number of nitrogens with zero attached hydrogens (tertiary/aromatic N) is 3. The van der Waals surface area contributed by atoms with Gasteiger partial charge in [0.25, 0.3) is 0 Å². The molecule has 1 N–H and O–H groups in total. The van der Waals surface area contributed by atoms with Crippen LogP contribution in [0.5, 0.6) is 0 Å². The van der Waals surface area contributed by atoms with Gasteiger partial charge in [-0.25, -0.2) is 0 Å². The highest BCUT2D eigenvalue weighted by Crippen LogP contribution is 2.29. The van der Waals surface area contributed by atoms with Crippen molar-refractivity contribution in [3.8, 4) is 0 Å². The monoisotopic (exact) mass is 286 g/mol. The maximum atomic E-state index is 4.59. The van der Waals surface area contributed by atoms with E-state index in [2.05, 4.69) is 68.3 Å². The van der Waals surface area contributed by atoms with Gasteiger partial charge >= 0.3 is 0 Å². The average molecular weight is 286 g/mol. The van der Waals surface area contributed by atoms with E-state index < -0.39 is 0 Å². The van der Waals surface area contributed by atoms with Crippen LogP contribution < -0.4 is 10.2 Å². The number of anilines is 2. The van der Waals surface area contributed by atoms with Crippen molar-refractivity contribution >= 4 is 11.5 Å². The lowest BCUT2D eigenvalue weighted by Gasteiger charge is -2.22. The van der Waals surface area contributed by atoms with Gasteiger partial charge in [-0.1, -0.05) is 13.0 Å². The Balaban J connectivity index is 2.44. The van der Waals surface area contributed by atoms with E-state index in [-0.39, 0.29) is 0 Å². The van der Waals surface area contributed by atoms with Crippen molar-refractivity contribution in [2.24, 2.45) is 7.05 Å². The first-order chi connectivity index (χ1) is 9.93. The predicted molar refractivity (Wildman–Crippen MR) is 89.3 cm³/mol. The minimum absolute atomic E-state index is 0.848. The third-order valence-corrected chi connectivity index (χ3v) is 3.78. The number of benzene rings is 1. The summed E-state index contributed by atoms with van der Waals surface area (Å²) in [6, 6.07) is 6.63. The molecule has 0 radical (unpaired) electrons. The fraction of sp³-hybridized carbons (Fsp3) is 0.471. The van der Waals surface area contributed by atoms with Crippen molar-refractivity contribution in [3.63, 3.8) is 0 Å². The average Bonchev–Trinajstić information content (AvgIpc) is 2.68. The fourth-order valence-electron chi connectivity index (χ4n) is 2.83. The smallest absolute Gasteiger partial charge is 0.135 e. The molecule has 1 aromatic carbocycles. The van der Waals surface area contributed by atoms with Crippen molar-refractivity contribution in [2.45, 2.75) is 34.2 Å². The molecular weight excluding hydrogens is 260 g/mol. The molecule has 4 nitrogen and oxygen atoms in total. The second-order valence-corrected chi connectivity index (χ2v) is 5.70. The highest BCUT2D eigenvalue weighted by Gasteiger charge is 2.17. The lowest BCUT2D eigenvalue weighted by Crippen LogP contribution is -2.19. The van der Waals surface area contributed by atoms with Crippen LogP contribution in [0.2, 0.25) is 0 Å². The zero-order valence-corrected chi connectivity index (χ0v) is 14.0. The van der Waals surface area contributed by atoms with E-state index >= 15 is 0 Å². The van der Waals surface area contributed by atoms with Crippen LogP contribution in [-0.2, 0) is 13.6 Å². The van der Waals surface area contributed by atoms with E-state index in [4.69, 9.17) is 0 Å². The maximum absolute atomic E-state index is 4.59. The van der Waals surface area contributed by atoms with Gasteiger partial charge < -0.3 is 10.2 Å². The Hall–Kier alpha value is -1.81. The standard InChI is InChI=1S/C17H26N4/c1-7-18-11-16-14(4)19-21(6)17(16)20(5)15-9-12(2)8-13(3)10-15/h8-10,18H,7,11H2,1-6H3. The minimum Gasteiger partial charge on any atom is -0.329 e. The molecule has 2 rings (SSSR count). The van der Waals surface area contributed by atoms with Crippen LogP contribution in [0.4, 0.5) is 11.5 Å². The molecule has 0 aliphatic carbocycles. The van der Waals surface area contributed by atoms with Crippen molar-refractivity contribution in [1.29, 1.82) is 0 Å². The van der Waals surface area contributed by atoms with E-state index in [9.17, 15) is 0 Å². The van der Waals surface area contributed by atoms with Gasteiger partial charge in [-0.05, 0) is 50.6 Å². The van der Waals surface area contributed by atoms with Crippen LogP contribution in [0, 0.1) is 20.8 Å². The summed E-state index contributed by atoms with van der Waals surface area (Å²) in [4.78, 5) is 2.23. The number of nitrogens with one attached hydrogen (secondary N) is 1. The summed E-state index contributed by atoms with van der Waals surface area (Å²) >= 11 is 0. The maximum Gasteiger partial charge on any atom is 0.135 e. The normalized spacial score (nSPS) is 11.0. The summed E-state index contributed by atoms with van der Waals surface area (Å²) in [5, 5.41) is 8.00. The third-order valence-electron chi connectivity index (χ3n) is 3.78. The highest BCUT2D eigenvalue weighted by atomic mass is 15.4. The molecule has 1 heterocycles. The molecule has 1 aromatic heterocycles. The molecule has 0 spiro atoms. The summed E-state index contributed by atoms with van der Waals surface area (Å²) in [6.07, 6.45) is 0. The van der Waals surface area contributed by atoms with Crippen molar-refractivity contribution < 1.29 is 0 Å². The molecule has 0 amide bonds. The Morgan fingerprint density at radius 1 is 1.14 bits per heavy atom. The van der Waals surface area contributed by atoms with E-state index in [0.29, 0.717) is 0 Å². The Morgan fingerprint density at radius 3 is 2.33 bits per heavy atom. The molecule has 0 aliphatic rings. The zero-order valence-electron chi connectivity index (χ0n) is 14.0. The Morgan fingerprint density at radius 2 is 1.76 bits per heavy atom. The van der Waals surface area contributed by atoms with E-state index in [1.165, 1.54) is 22.4 Å². The van der Waals surface area contributed by atoms with Gasteiger partial charge in [0, 0.05) is 31.9 Å². The molecular formula is C17H26N4. The summed E-state index contributed by atoms with van der Waals surface area (Å²) < 4.78 is 1.97. The Labute approximate surface area is 127 Å². The van der Waals surface area contributed by atoms with Crippen molar-refractivity contribution in [2.75, 3.05) is 18.5 Å². The number of hydrogen-bond acceptors (Lipinski definition) is 3. The van der Waals surface area contributed by atoms with E-state index in [1.807, 2.05) is 11.7 Å². The number of hydrogen-bond donors (Lipinski definition) is 1. The number of aromatic nitrogens is 2. The second kappa shape index (κ2) is 6.31. The van der Waals surface area contributed by atoms with Gasteiger partial charge in [0.1, 0.15) is 5.82 Å². The molecule has 4 heteroatoms. The van der Waals surface area contributed by atoms with E-state index in [1.54, 1.807) is 0 Å². The summed E-state index contributed by atoms with van der Waals surface area (Å²) in [6.45, 7) is 10.3. The van der Waals surface area contributed by atoms with Gasteiger partial charge in [0.05, 0.1) is 5.69 Å². The molecule has 0 atom stereocenters. The van der Waals surface area contributed by atoms with Gasteiger partial charge in [-0.15, -0.1) is 0 Å². The first-order valence-corrected chi connectivity index (χ1v) is 7.49. The van der Waals surface area contributed by atoms with Crippen LogP contribution >= 0.6 is 0 Å². The van der Waals surface area contributed by atoms with Gasteiger partial charge in [-0.3, -0.25) is 4.68 Å². The van der Waals surface area contributed by atoms with Crippen LogP contribution in [0.15, 0.2) is 18.2 Å². The first kappa shape index (κ1) is 15.6. The van der Waals surface area contributed by atoms with Crippen LogP contribution in [0.3, 0.4) is 0 Å². The molecule has 0 unspecified atom stereocenters. The molecule has 0 bridgehead atoms. The molecule has 0 fully saturated rings. The van der Waals surface area contributed by atoms with E-state index in [0.717, 1.165) is 24.6 Å². The van der Waals surface area contributed by atoms with Crippen LogP contribution in [0.25, 0.3) is 0 Å². The SMILES string of the molecule is CCNCc1c(C)nn(C)c1N(C)c1cc(C)cc(C)c1. The first-order valence-electron chi connectivity index (χ1n) is 7.49. The Kier molecular flexibility index (Phi) is 4.68. The van der Waals surface area contributed by atoms with Gasteiger partial charge in [-0.2, -0.15) is 5.10 Å². The van der Waals surface area contributed by atoms with Crippen molar-refractivity contribution in [3.05, 3.63) is 40.6 Å². The van der Waals surface area contributed by atoms with Crippen LogP contribution in [0.1, 0.15) is 29.3 Å². The molecule has 0 saturated heterocycles. The minimum atomic E-state index is 0.848. The molecule has 21 heavy (non-hydrogen) atoms. The van der Waals surface area contributed by atoms with Crippen molar-refractivity contribution in [1.82, 2.24) is 15.1 Å². The molecule has 0 saturated carbocycles. The predicted octanol–water partition coefficient (Wildman–Crippen LogP) is 3.22. The molecule has 114 valence electrons. The number of rotatable bonds is 5. The summed E-state index contributed by atoms with van der Waals surface area (Å²) in [7, 11) is 4.12. The van der Waals surface area contributed by atoms with Gasteiger partial charge in [0.2, 0.25) is 0 Å². The fourth-order valence-corrected chi connectivity index (χ4v) is 2.83. The second-order valence-electron chi connectivity index (χ2n) is 5.70. The molecule has 2 aromatic rings. The molecule has 0 aliphatic heterocycles. The topological polar surface area (TPSA) is 33.1 Å². The van der Waals surface area contributed by atoms with Crippen LogP contribution in [-0.4, -0.2) is 23.4 Å². The zero-order chi connectivity index (χ0) is 15.6. The lowest BCUT2D eigenvalue weighted by atomic mass is 10.1. The summed E-state index contributed by atoms with van der Waals surface area (Å²) in [5.41, 5.74) is 6.12. The summed E-state index contributed by atoms with van der Waals surface area (Å²) in [5.74, 6) is 1.15. The Bertz CT molecular complexity index is 608. The number of aryl methyl sites for hydroxylation is 4. The highest BCUT2D eigenvalue weighted by molar-refractivity contribution is 5.64. The lowest BCUT2D eigenvalue weighted by molar-refractivity contribution is 0.721. The van der Waals surface area contributed by atoms with Gasteiger partial charge in [0.15, 0.2) is 0 Å². The third kappa shape index (κ3) is 3.27. The largest absolute Gasteiger partial charge is 0.329 e.